The molecule has 0 bridgehead atoms. The highest BCUT2D eigenvalue weighted by Crippen LogP contribution is 1.95. The smallest absolute Gasteiger partial charge is 0.269 e. The van der Waals surface area contributed by atoms with Crippen molar-refractivity contribution in [2.24, 2.45) is 0 Å². The van der Waals surface area contributed by atoms with Gasteiger partial charge in [-0.2, -0.15) is 10.5 Å². The van der Waals surface area contributed by atoms with Crippen molar-refractivity contribution in [3.8, 4) is 12.1 Å². The first-order chi connectivity index (χ1) is 11.7. The van der Waals surface area contributed by atoms with Crippen LogP contribution in [0.5, 0.6) is 0 Å². The van der Waals surface area contributed by atoms with Crippen molar-refractivity contribution in [3.05, 3.63) is 49.6 Å². The zero-order chi connectivity index (χ0) is 17.4. The van der Waals surface area contributed by atoms with Gasteiger partial charge in [0.25, 0.3) is 5.56 Å². The van der Waals surface area contributed by atoms with Crippen LogP contribution in [0.15, 0.2) is 29.2 Å². The lowest BCUT2D eigenvalue weighted by atomic mass is 10.3. The molecule has 0 fully saturated rings. The van der Waals surface area contributed by atoms with E-state index in [4.69, 9.17) is 15.3 Å². The van der Waals surface area contributed by atoms with Crippen LogP contribution in [0.25, 0.3) is 11.6 Å². The molecule has 0 aromatic carbocycles. The summed E-state index contributed by atoms with van der Waals surface area (Å²) in [6, 6.07) is 9.13. The van der Waals surface area contributed by atoms with Crippen LogP contribution in [0.4, 0.5) is 0 Å². The van der Waals surface area contributed by atoms with Crippen molar-refractivity contribution in [1.82, 2.24) is 9.55 Å². The molecule has 0 aliphatic heterocycles. The van der Waals surface area contributed by atoms with Gasteiger partial charge in [-0.15, -0.1) is 11.3 Å². The van der Waals surface area contributed by atoms with Crippen molar-refractivity contribution in [3.63, 3.8) is 0 Å². The van der Waals surface area contributed by atoms with Crippen LogP contribution < -0.4 is 14.8 Å². The number of thiazole rings is 1. The molecule has 0 spiro atoms. The molecule has 0 saturated carbocycles. The summed E-state index contributed by atoms with van der Waals surface area (Å²) in [5.74, 6) is 0. The summed E-state index contributed by atoms with van der Waals surface area (Å²) in [6.07, 6.45) is 3.94. The van der Waals surface area contributed by atoms with Gasteiger partial charge in [-0.3, -0.25) is 14.3 Å². The Morgan fingerprint density at radius 2 is 2.21 bits per heavy atom. The van der Waals surface area contributed by atoms with E-state index in [1.54, 1.807) is 24.4 Å². The zero-order valence-corrected chi connectivity index (χ0v) is 14.0. The third kappa shape index (κ3) is 4.17. The minimum absolute atomic E-state index is 0.0609. The van der Waals surface area contributed by atoms with E-state index in [2.05, 4.69) is 4.98 Å². The number of hydrogen-bond acceptors (Lipinski definition) is 6. The maximum Gasteiger partial charge on any atom is 0.269 e. The number of pyridine rings is 1. The number of aromatic nitrogens is 2. The Kier molecular flexibility index (Phi) is 6.44. The van der Waals surface area contributed by atoms with Crippen molar-refractivity contribution in [1.29, 1.82) is 10.5 Å². The highest BCUT2D eigenvalue weighted by molar-refractivity contribution is 7.07. The molecule has 0 atom stereocenters. The van der Waals surface area contributed by atoms with E-state index in [1.807, 2.05) is 25.1 Å². The molecule has 2 aromatic heterocycles. The maximum atomic E-state index is 12.6. The lowest BCUT2D eigenvalue weighted by Gasteiger charge is -2.02. The van der Waals surface area contributed by atoms with Crippen molar-refractivity contribution in [2.45, 2.75) is 19.9 Å². The van der Waals surface area contributed by atoms with Gasteiger partial charge in [0.2, 0.25) is 0 Å². The van der Waals surface area contributed by atoms with E-state index in [0.29, 0.717) is 41.1 Å². The van der Waals surface area contributed by atoms with Crippen LogP contribution in [0.2, 0.25) is 0 Å². The quantitative estimate of drug-likeness (QED) is 0.724. The normalized spacial score (nSPS) is 11.0. The molecule has 2 rings (SSSR count). The maximum absolute atomic E-state index is 12.6. The van der Waals surface area contributed by atoms with E-state index in [-0.39, 0.29) is 11.1 Å². The number of rotatable bonds is 6. The molecule has 0 unspecified atom stereocenters. The predicted molar refractivity (Wildman–Crippen MR) is 91.4 cm³/mol. The van der Waals surface area contributed by atoms with Gasteiger partial charge in [-0.05, 0) is 31.6 Å². The van der Waals surface area contributed by atoms with Crippen LogP contribution in [0.1, 0.15) is 19.0 Å². The summed E-state index contributed by atoms with van der Waals surface area (Å²) in [7, 11) is 0. The Bertz CT molecular complexity index is 930. The number of hydrogen-bond donors (Lipinski definition) is 0. The van der Waals surface area contributed by atoms with Gasteiger partial charge in [0.1, 0.15) is 16.8 Å². The van der Waals surface area contributed by atoms with Crippen LogP contribution in [-0.4, -0.2) is 22.8 Å². The molecule has 0 aliphatic carbocycles. The topological polar surface area (TPSA) is 91.7 Å². The third-order valence-electron chi connectivity index (χ3n) is 3.19. The Morgan fingerprint density at radius 3 is 2.83 bits per heavy atom. The second-order valence-corrected chi connectivity index (χ2v) is 5.81. The summed E-state index contributed by atoms with van der Waals surface area (Å²) >= 11 is 1.13. The standard InChI is InChI=1S/C17H16N4O2S/c1-2-23-9-5-8-21-16(22)15(10-14-6-3-4-7-20-14)24-17(21)13(11-18)12-19/h3-4,6-7,10H,2,5,8-9H2,1H3/b15-10+. The number of ether oxygens (including phenoxy) is 1. The second-order valence-electron chi connectivity index (χ2n) is 4.78. The minimum Gasteiger partial charge on any atom is -0.382 e. The van der Waals surface area contributed by atoms with E-state index >= 15 is 0 Å². The summed E-state index contributed by atoms with van der Waals surface area (Å²) in [4.78, 5) is 16.8. The van der Waals surface area contributed by atoms with E-state index < -0.39 is 0 Å². The van der Waals surface area contributed by atoms with Gasteiger partial charge in [-0.25, -0.2) is 0 Å². The molecule has 0 aliphatic rings. The predicted octanol–water partition coefficient (Wildman–Crippen LogP) is 0.758. The lowest BCUT2D eigenvalue weighted by Crippen LogP contribution is -2.32. The molecule has 122 valence electrons. The van der Waals surface area contributed by atoms with Gasteiger partial charge < -0.3 is 4.74 Å². The summed E-state index contributed by atoms with van der Waals surface area (Å²) in [5.41, 5.74) is 0.369. The van der Waals surface area contributed by atoms with Crippen LogP contribution in [0, 0.1) is 22.7 Å². The van der Waals surface area contributed by atoms with Crippen molar-refractivity contribution in [2.75, 3.05) is 13.2 Å². The zero-order valence-electron chi connectivity index (χ0n) is 13.2. The molecule has 0 saturated heterocycles. The highest BCUT2D eigenvalue weighted by atomic mass is 32.1. The fourth-order valence-electron chi connectivity index (χ4n) is 2.09. The lowest BCUT2D eigenvalue weighted by molar-refractivity contribution is 0.141. The average molecular weight is 340 g/mol. The van der Waals surface area contributed by atoms with Crippen LogP contribution >= 0.6 is 11.3 Å². The molecule has 7 heteroatoms. The molecule has 0 N–H and O–H groups in total. The van der Waals surface area contributed by atoms with E-state index in [9.17, 15) is 4.79 Å². The first-order valence-electron chi connectivity index (χ1n) is 7.46. The van der Waals surface area contributed by atoms with Gasteiger partial charge >= 0.3 is 0 Å². The SMILES string of the molecule is CCOCCCn1c(=C(C#N)C#N)s/c(=C/c2ccccn2)c1=O. The minimum atomic E-state index is -0.222. The van der Waals surface area contributed by atoms with Crippen LogP contribution in [0.3, 0.4) is 0 Å². The Balaban J connectivity index is 2.55. The molecule has 2 aromatic rings. The van der Waals surface area contributed by atoms with Gasteiger partial charge in [0, 0.05) is 26.0 Å². The monoisotopic (exact) mass is 340 g/mol. The summed E-state index contributed by atoms with van der Waals surface area (Å²) < 4.78 is 7.58. The molecule has 24 heavy (non-hydrogen) atoms. The van der Waals surface area contributed by atoms with E-state index in [1.165, 1.54) is 4.57 Å². The third-order valence-corrected chi connectivity index (χ3v) is 4.32. The fraction of sp³-hybridized carbons (Fsp3) is 0.294. The summed E-state index contributed by atoms with van der Waals surface area (Å²) in [5, 5.41) is 18.3. The summed E-state index contributed by atoms with van der Waals surface area (Å²) in [6.45, 7) is 3.43. The number of nitriles is 2. The largest absolute Gasteiger partial charge is 0.382 e. The molecule has 0 amide bonds. The number of nitrogens with zero attached hydrogens (tertiary/aromatic N) is 4. The molecule has 6 nitrogen and oxygen atoms in total. The first-order valence-corrected chi connectivity index (χ1v) is 8.27. The Morgan fingerprint density at radius 1 is 1.42 bits per heavy atom. The average Bonchev–Trinajstić information content (AvgIpc) is 2.90. The molecular weight excluding hydrogens is 324 g/mol. The molecule has 2 heterocycles. The molecule has 0 radical (unpaired) electrons. The van der Waals surface area contributed by atoms with Crippen LogP contribution in [-0.2, 0) is 11.3 Å². The fourth-order valence-corrected chi connectivity index (χ4v) is 3.16. The van der Waals surface area contributed by atoms with Crippen molar-refractivity contribution >= 4 is 23.0 Å². The highest BCUT2D eigenvalue weighted by Gasteiger charge is 2.09. The molecular formula is C17H16N4O2S. The Labute approximate surface area is 143 Å². The van der Waals surface area contributed by atoms with E-state index in [0.717, 1.165) is 11.3 Å². The second kappa shape index (κ2) is 8.78. The van der Waals surface area contributed by atoms with Gasteiger partial charge in [-0.1, -0.05) is 6.07 Å². The first kappa shape index (κ1) is 17.6. The van der Waals surface area contributed by atoms with Crippen molar-refractivity contribution < 1.29 is 4.74 Å². The van der Waals surface area contributed by atoms with Gasteiger partial charge in [0.15, 0.2) is 5.57 Å². The van der Waals surface area contributed by atoms with Gasteiger partial charge in [0.05, 0.1) is 10.2 Å². The Hall–Kier alpha value is -2.74.